The first-order valence-corrected chi connectivity index (χ1v) is 9.24. The summed E-state index contributed by atoms with van der Waals surface area (Å²) in [6, 6.07) is 4.77. The van der Waals surface area contributed by atoms with Gasteiger partial charge >= 0.3 is 0 Å². The normalized spacial score (nSPS) is 19.4. The summed E-state index contributed by atoms with van der Waals surface area (Å²) < 4.78 is 0. The van der Waals surface area contributed by atoms with Crippen molar-refractivity contribution in [2.24, 2.45) is 16.1 Å². The van der Waals surface area contributed by atoms with Crippen LogP contribution in [0.1, 0.15) is 27.2 Å². The minimum atomic E-state index is -0.556. The molecule has 6 nitrogen and oxygen atoms in total. The molecule has 0 aliphatic carbocycles. The molecule has 0 unspecified atom stereocenters. The van der Waals surface area contributed by atoms with Crippen LogP contribution in [-0.4, -0.2) is 27.9 Å². The molecule has 134 valence electrons. The standard InChI is InChI=1S/C16H18Cl2N4O2S/c1-8(2)9(3)21-22-16-20-15(24)13(25-16)7-14(23)19-12-5-4-10(17)6-11(12)18/h4-6,8,13H,7H2,1-3H3,(H,19,23)(H,20,22,24)/b21-9-/t13-/m0/s1. The van der Waals surface area contributed by atoms with Gasteiger partial charge < -0.3 is 10.6 Å². The summed E-state index contributed by atoms with van der Waals surface area (Å²) in [5.41, 5.74) is 1.31. The number of rotatable bonds is 5. The highest BCUT2D eigenvalue weighted by Gasteiger charge is 2.32. The summed E-state index contributed by atoms with van der Waals surface area (Å²) in [5.74, 6) is -0.310. The SMILES string of the molecule is C/C(=N/N=C1\NC(=O)[C@H](CC(=O)Nc2ccc(Cl)cc2Cl)S1)C(C)C. The molecule has 1 aromatic carbocycles. The first-order valence-electron chi connectivity index (χ1n) is 7.61. The molecule has 1 aromatic rings. The smallest absolute Gasteiger partial charge is 0.240 e. The highest BCUT2D eigenvalue weighted by molar-refractivity contribution is 8.15. The van der Waals surface area contributed by atoms with E-state index < -0.39 is 5.25 Å². The zero-order chi connectivity index (χ0) is 18.6. The van der Waals surface area contributed by atoms with Crippen molar-refractivity contribution in [1.82, 2.24) is 5.32 Å². The molecular weight excluding hydrogens is 383 g/mol. The maximum Gasteiger partial charge on any atom is 0.240 e. The lowest BCUT2D eigenvalue weighted by Gasteiger charge is -2.09. The van der Waals surface area contributed by atoms with E-state index in [1.54, 1.807) is 12.1 Å². The second kappa shape index (κ2) is 8.69. The second-order valence-corrected chi connectivity index (χ2v) is 7.81. The van der Waals surface area contributed by atoms with Crippen LogP contribution in [0.4, 0.5) is 5.69 Å². The maximum atomic E-state index is 12.1. The molecule has 2 amide bonds. The minimum Gasteiger partial charge on any atom is -0.325 e. The summed E-state index contributed by atoms with van der Waals surface area (Å²) in [6.07, 6.45) is 0.00134. The summed E-state index contributed by atoms with van der Waals surface area (Å²) >= 11 is 13.0. The molecular formula is C16H18Cl2N4O2S. The van der Waals surface area contributed by atoms with Crippen molar-refractivity contribution in [3.05, 3.63) is 28.2 Å². The Morgan fingerprint density at radius 1 is 1.40 bits per heavy atom. The number of hydrogen-bond donors (Lipinski definition) is 2. The molecule has 25 heavy (non-hydrogen) atoms. The lowest BCUT2D eigenvalue weighted by atomic mass is 10.1. The highest BCUT2D eigenvalue weighted by Crippen LogP contribution is 2.27. The molecule has 1 aliphatic heterocycles. The van der Waals surface area contributed by atoms with Crippen molar-refractivity contribution in [1.29, 1.82) is 0 Å². The lowest BCUT2D eigenvalue weighted by molar-refractivity contribution is -0.122. The summed E-state index contributed by atoms with van der Waals surface area (Å²) in [5, 5.41) is 14.1. The molecule has 9 heteroatoms. The number of carbonyl (C=O) groups excluding carboxylic acids is 2. The van der Waals surface area contributed by atoms with Gasteiger partial charge in [0.05, 0.1) is 10.7 Å². The first-order chi connectivity index (χ1) is 11.8. The van der Waals surface area contributed by atoms with Gasteiger partial charge in [-0.25, -0.2) is 0 Å². The predicted molar refractivity (Wildman–Crippen MR) is 105 cm³/mol. The van der Waals surface area contributed by atoms with Crippen LogP contribution in [0.3, 0.4) is 0 Å². The van der Waals surface area contributed by atoms with Gasteiger partial charge in [-0.3, -0.25) is 9.59 Å². The molecule has 0 spiro atoms. The van der Waals surface area contributed by atoms with Gasteiger partial charge in [-0.1, -0.05) is 48.8 Å². The Labute approximate surface area is 160 Å². The largest absolute Gasteiger partial charge is 0.325 e. The Morgan fingerprint density at radius 3 is 2.76 bits per heavy atom. The van der Waals surface area contributed by atoms with Crippen molar-refractivity contribution >= 4 is 63.3 Å². The molecule has 1 aliphatic rings. The van der Waals surface area contributed by atoms with Crippen molar-refractivity contribution in [3.8, 4) is 0 Å². The van der Waals surface area contributed by atoms with Crippen LogP contribution in [0.5, 0.6) is 0 Å². The van der Waals surface area contributed by atoms with Crippen molar-refractivity contribution in [3.63, 3.8) is 0 Å². The van der Waals surface area contributed by atoms with Crippen LogP contribution in [0, 0.1) is 5.92 Å². The van der Waals surface area contributed by atoms with Crippen LogP contribution >= 0.6 is 35.0 Å². The van der Waals surface area contributed by atoms with Crippen LogP contribution in [0.2, 0.25) is 10.0 Å². The quantitative estimate of drug-likeness (QED) is 0.579. The molecule has 1 heterocycles. The Hall–Kier alpha value is -1.57. The topological polar surface area (TPSA) is 82.9 Å². The molecule has 1 fully saturated rings. The van der Waals surface area contributed by atoms with Gasteiger partial charge in [-0.15, -0.1) is 5.10 Å². The van der Waals surface area contributed by atoms with Gasteiger partial charge in [0.2, 0.25) is 11.8 Å². The molecule has 0 radical (unpaired) electrons. The third-order valence-electron chi connectivity index (χ3n) is 3.49. The van der Waals surface area contributed by atoms with E-state index in [4.69, 9.17) is 23.2 Å². The van der Waals surface area contributed by atoms with Gasteiger partial charge in [0.1, 0.15) is 5.25 Å². The fourth-order valence-corrected chi connectivity index (χ4v) is 3.16. The lowest BCUT2D eigenvalue weighted by Crippen LogP contribution is -2.28. The van der Waals surface area contributed by atoms with Gasteiger partial charge in [0, 0.05) is 17.2 Å². The highest BCUT2D eigenvalue weighted by atomic mass is 35.5. The van der Waals surface area contributed by atoms with Crippen LogP contribution in [-0.2, 0) is 9.59 Å². The fourth-order valence-electron chi connectivity index (χ4n) is 1.79. The second-order valence-electron chi connectivity index (χ2n) is 5.77. The molecule has 0 saturated carbocycles. The van der Waals surface area contributed by atoms with E-state index in [0.29, 0.717) is 20.9 Å². The van der Waals surface area contributed by atoms with E-state index in [2.05, 4.69) is 20.8 Å². The van der Waals surface area contributed by atoms with E-state index in [9.17, 15) is 9.59 Å². The monoisotopic (exact) mass is 400 g/mol. The Kier molecular flexibility index (Phi) is 6.87. The van der Waals surface area contributed by atoms with Crippen molar-refractivity contribution in [2.45, 2.75) is 32.4 Å². The Balaban J connectivity index is 1.96. The summed E-state index contributed by atoms with van der Waals surface area (Å²) in [4.78, 5) is 24.1. The third-order valence-corrected chi connectivity index (χ3v) is 5.11. The zero-order valence-corrected chi connectivity index (χ0v) is 16.3. The zero-order valence-electron chi connectivity index (χ0n) is 14.0. The Morgan fingerprint density at radius 2 is 2.12 bits per heavy atom. The van der Waals surface area contributed by atoms with Gasteiger partial charge in [-0.05, 0) is 31.0 Å². The average molecular weight is 401 g/mol. The number of nitrogens with zero attached hydrogens (tertiary/aromatic N) is 2. The summed E-state index contributed by atoms with van der Waals surface area (Å²) in [6.45, 7) is 5.89. The number of hydrogen-bond acceptors (Lipinski definition) is 5. The van der Waals surface area contributed by atoms with Gasteiger partial charge in [0.15, 0.2) is 5.17 Å². The molecule has 2 rings (SSSR count). The maximum absolute atomic E-state index is 12.1. The minimum absolute atomic E-state index is 0.00134. The predicted octanol–water partition coefficient (Wildman–Crippen LogP) is 3.94. The van der Waals surface area contributed by atoms with Gasteiger partial charge in [0.25, 0.3) is 0 Å². The van der Waals surface area contributed by atoms with E-state index in [1.165, 1.54) is 17.8 Å². The molecule has 1 saturated heterocycles. The first kappa shape index (κ1) is 19.8. The van der Waals surface area contributed by atoms with Crippen LogP contribution in [0.25, 0.3) is 0 Å². The Bertz CT molecular complexity index is 750. The fraction of sp³-hybridized carbons (Fsp3) is 0.375. The van der Waals surface area contributed by atoms with E-state index in [-0.39, 0.29) is 24.2 Å². The molecule has 1 atom stereocenters. The van der Waals surface area contributed by atoms with Gasteiger partial charge in [-0.2, -0.15) is 5.10 Å². The number of anilines is 1. The van der Waals surface area contributed by atoms with E-state index >= 15 is 0 Å². The number of halogens is 2. The average Bonchev–Trinajstić information content (AvgIpc) is 2.87. The van der Waals surface area contributed by atoms with E-state index in [0.717, 1.165) is 5.71 Å². The number of amides is 2. The molecule has 0 aromatic heterocycles. The molecule has 0 bridgehead atoms. The molecule has 2 N–H and O–H groups in total. The number of amidine groups is 1. The summed E-state index contributed by atoms with van der Waals surface area (Å²) in [7, 11) is 0. The third kappa shape index (κ3) is 5.73. The number of benzene rings is 1. The van der Waals surface area contributed by atoms with Crippen molar-refractivity contribution < 1.29 is 9.59 Å². The number of carbonyl (C=O) groups is 2. The number of thioether (sulfide) groups is 1. The van der Waals surface area contributed by atoms with E-state index in [1.807, 2.05) is 20.8 Å². The van der Waals surface area contributed by atoms with Crippen LogP contribution < -0.4 is 10.6 Å². The van der Waals surface area contributed by atoms with Crippen LogP contribution in [0.15, 0.2) is 28.4 Å². The van der Waals surface area contributed by atoms with Crippen molar-refractivity contribution in [2.75, 3.05) is 5.32 Å². The number of nitrogens with one attached hydrogen (secondary N) is 2.